The number of aromatic nitrogens is 4. The molecule has 1 aromatic carbocycles. The van der Waals surface area contributed by atoms with E-state index in [0.29, 0.717) is 35.0 Å². The Kier molecular flexibility index (Phi) is 4.48. The number of hydrogen-bond acceptors (Lipinski definition) is 7. The summed E-state index contributed by atoms with van der Waals surface area (Å²) in [5.74, 6) is 1.18. The van der Waals surface area contributed by atoms with Crippen molar-refractivity contribution in [3.63, 3.8) is 0 Å². The Morgan fingerprint density at radius 1 is 1.29 bits per heavy atom. The number of benzene rings is 1. The Morgan fingerprint density at radius 2 is 2.12 bits per heavy atom. The van der Waals surface area contributed by atoms with Crippen molar-refractivity contribution in [2.75, 3.05) is 19.0 Å². The number of nitrogens with one attached hydrogen (secondary N) is 1. The van der Waals surface area contributed by atoms with Crippen molar-refractivity contribution >= 4 is 22.7 Å². The first-order chi connectivity index (χ1) is 11.6. The number of imidazole rings is 1. The Bertz CT molecular complexity index is 849. The summed E-state index contributed by atoms with van der Waals surface area (Å²) in [6.45, 7) is 4.47. The number of phenolic OH excluding ortho intramolecular Hbond substituents is 1. The summed E-state index contributed by atoms with van der Waals surface area (Å²) < 4.78 is 12.7. The summed E-state index contributed by atoms with van der Waals surface area (Å²) in [7, 11) is 1.54. The van der Waals surface area contributed by atoms with Crippen LogP contribution in [0, 0.1) is 0 Å². The molecule has 0 saturated heterocycles. The van der Waals surface area contributed by atoms with E-state index in [0.717, 1.165) is 0 Å². The molecule has 1 unspecified atom stereocenters. The van der Waals surface area contributed by atoms with Gasteiger partial charge in [0.05, 0.1) is 19.1 Å². The van der Waals surface area contributed by atoms with Crippen LogP contribution in [-0.4, -0.2) is 38.3 Å². The van der Waals surface area contributed by atoms with E-state index in [1.165, 1.54) is 19.5 Å². The number of methoxy groups -OCH3 is 1. The van der Waals surface area contributed by atoms with Gasteiger partial charge in [-0.15, -0.1) is 0 Å². The molecule has 2 N–H and O–H groups in total. The summed E-state index contributed by atoms with van der Waals surface area (Å²) in [4.78, 5) is 13.0. The SMILES string of the molecule is CCOC(C)n1cnc2c(Nc3ccc(O)cc3OC)ncnc21. The third-order valence-corrected chi connectivity index (χ3v) is 3.60. The molecule has 0 aliphatic carbocycles. The van der Waals surface area contributed by atoms with Crippen molar-refractivity contribution in [2.24, 2.45) is 0 Å². The maximum absolute atomic E-state index is 9.56. The zero-order valence-electron chi connectivity index (χ0n) is 13.7. The largest absolute Gasteiger partial charge is 0.508 e. The second-order valence-corrected chi connectivity index (χ2v) is 5.11. The van der Waals surface area contributed by atoms with Crippen molar-refractivity contribution in [3.8, 4) is 11.5 Å². The highest BCUT2D eigenvalue weighted by atomic mass is 16.5. The maximum atomic E-state index is 9.56. The molecule has 24 heavy (non-hydrogen) atoms. The van der Waals surface area contributed by atoms with E-state index < -0.39 is 0 Å². The molecule has 2 aromatic heterocycles. The van der Waals surface area contributed by atoms with E-state index in [2.05, 4.69) is 20.3 Å². The summed E-state index contributed by atoms with van der Waals surface area (Å²) >= 11 is 0. The number of rotatable bonds is 6. The van der Waals surface area contributed by atoms with Crippen LogP contribution in [0.4, 0.5) is 11.5 Å². The first kappa shape index (κ1) is 16.0. The van der Waals surface area contributed by atoms with E-state index in [-0.39, 0.29) is 12.0 Å². The molecular formula is C16H19N5O3. The number of phenols is 1. The third-order valence-electron chi connectivity index (χ3n) is 3.60. The molecule has 0 aliphatic rings. The summed E-state index contributed by atoms with van der Waals surface area (Å²) in [6.07, 6.45) is 2.97. The second-order valence-electron chi connectivity index (χ2n) is 5.11. The van der Waals surface area contributed by atoms with Gasteiger partial charge < -0.3 is 19.9 Å². The standard InChI is InChI=1S/C16H19N5O3/c1-4-24-10(2)21-9-19-14-15(17-8-18-16(14)21)20-12-6-5-11(22)7-13(12)23-3/h5-10,22H,4H2,1-3H3,(H,17,18,20). The second kappa shape index (κ2) is 6.71. The quantitative estimate of drug-likeness (QED) is 0.671. The monoisotopic (exact) mass is 329 g/mol. The van der Waals surface area contributed by atoms with E-state index in [9.17, 15) is 5.11 Å². The van der Waals surface area contributed by atoms with Gasteiger partial charge in [0.25, 0.3) is 0 Å². The van der Waals surface area contributed by atoms with Crippen LogP contribution in [-0.2, 0) is 4.74 Å². The molecule has 0 amide bonds. The van der Waals surface area contributed by atoms with Gasteiger partial charge in [-0.3, -0.25) is 4.57 Å². The van der Waals surface area contributed by atoms with Gasteiger partial charge in [0.2, 0.25) is 0 Å². The lowest BCUT2D eigenvalue weighted by Gasteiger charge is -2.14. The van der Waals surface area contributed by atoms with Crippen LogP contribution in [0.5, 0.6) is 11.5 Å². The molecule has 0 bridgehead atoms. The molecule has 0 saturated carbocycles. The van der Waals surface area contributed by atoms with E-state index >= 15 is 0 Å². The fourth-order valence-corrected chi connectivity index (χ4v) is 2.44. The molecule has 8 heteroatoms. The summed E-state index contributed by atoms with van der Waals surface area (Å²) in [5.41, 5.74) is 1.97. The normalized spacial score (nSPS) is 12.3. The number of anilines is 2. The van der Waals surface area contributed by atoms with Crippen molar-refractivity contribution in [2.45, 2.75) is 20.1 Å². The van der Waals surface area contributed by atoms with Gasteiger partial charge in [0.1, 0.15) is 24.1 Å². The molecule has 2 heterocycles. The van der Waals surface area contributed by atoms with E-state index in [1.807, 2.05) is 18.4 Å². The number of hydrogen-bond donors (Lipinski definition) is 2. The molecule has 0 fully saturated rings. The Balaban J connectivity index is 1.99. The van der Waals surface area contributed by atoms with Crippen LogP contribution in [0.15, 0.2) is 30.9 Å². The van der Waals surface area contributed by atoms with Crippen molar-refractivity contribution in [3.05, 3.63) is 30.9 Å². The first-order valence-electron chi connectivity index (χ1n) is 7.57. The summed E-state index contributed by atoms with van der Waals surface area (Å²) in [5, 5.41) is 12.7. The number of fused-ring (bicyclic) bond motifs is 1. The molecule has 3 aromatic rings. The molecule has 3 rings (SSSR count). The average Bonchev–Trinajstić information content (AvgIpc) is 3.02. The van der Waals surface area contributed by atoms with Gasteiger partial charge in [-0.25, -0.2) is 15.0 Å². The van der Waals surface area contributed by atoms with Crippen LogP contribution >= 0.6 is 0 Å². The van der Waals surface area contributed by atoms with E-state index in [4.69, 9.17) is 9.47 Å². The first-order valence-corrected chi connectivity index (χ1v) is 7.57. The maximum Gasteiger partial charge on any atom is 0.167 e. The minimum atomic E-state index is -0.175. The van der Waals surface area contributed by atoms with Gasteiger partial charge >= 0.3 is 0 Å². The van der Waals surface area contributed by atoms with Crippen molar-refractivity contribution in [1.82, 2.24) is 19.5 Å². The predicted octanol–water partition coefficient (Wildman–Crippen LogP) is 2.84. The fourth-order valence-electron chi connectivity index (χ4n) is 2.44. The smallest absolute Gasteiger partial charge is 0.167 e. The van der Waals surface area contributed by atoms with Gasteiger partial charge in [0.15, 0.2) is 17.0 Å². The van der Waals surface area contributed by atoms with E-state index in [1.54, 1.807) is 18.5 Å². The molecular weight excluding hydrogens is 310 g/mol. The van der Waals surface area contributed by atoms with Gasteiger partial charge in [-0.2, -0.15) is 0 Å². The zero-order valence-corrected chi connectivity index (χ0v) is 13.7. The van der Waals surface area contributed by atoms with Crippen LogP contribution in [0.3, 0.4) is 0 Å². The average molecular weight is 329 g/mol. The fraction of sp³-hybridized carbons (Fsp3) is 0.312. The lowest BCUT2D eigenvalue weighted by atomic mass is 10.2. The minimum Gasteiger partial charge on any atom is -0.508 e. The van der Waals surface area contributed by atoms with Gasteiger partial charge in [0, 0.05) is 12.7 Å². The highest BCUT2D eigenvalue weighted by molar-refractivity contribution is 5.86. The predicted molar refractivity (Wildman–Crippen MR) is 89.6 cm³/mol. The van der Waals surface area contributed by atoms with Gasteiger partial charge in [-0.05, 0) is 26.0 Å². The number of aromatic hydroxyl groups is 1. The molecule has 1 atom stereocenters. The molecule has 0 radical (unpaired) electrons. The Labute approximate surface area is 139 Å². The highest BCUT2D eigenvalue weighted by Crippen LogP contribution is 2.32. The van der Waals surface area contributed by atoms with Crippen LogP contribution < -0.4 is 10.1 Å². The Morgan fingerprint density at radius 3 is 2.88 bits per heavy atom. The van der Waals surface area contributed by atoms with Crippen LogP contribution in [0.2, 0.25) is 0 Å². The Hall–Kier alpha value is -2.87. The van der Waals surface area contributed by atoms with Crippen molar-refractivity contribution in [1.29, 1.82) is 0 Å². The third kappa shape index (κ3) is 2.95. The highest BCUT2D eigenvalue weighted by Gasteiger charge is 2.15. The molecule has 0 aliphatic heterocycles. The molecule has 126 valence electrons. The number of ether oxygens (including phenoxy) is 2. The molecule has 0 spiro atoms. The minimum absolute atomic E-state index is 0.125. The summed E-state index contributed by atoms with van der Waals surface area (Å²) in [6, 6.07) is 4.80. The molecule has 8 nitrogen and oxygen atoms in total. The number of nitrogens with zero attached hydrogens (tertiary/aromatic N) is 4. The zero-order chi connectivity index (χ0) is 17.1. The topological polar surface area (TPSA) is 94.3 Å². The van der Waals surface area contributed by atoms with Gasteiger partial charge in [-0.1, -0.05) is 0 Å². The van der Waals surface area contributed by atoms with Crippen LogP contribution in [0.25, 0.3) is 11.2 Å². The van der Waals surface area contributed by atoms with Crippen LogP contribution in [0.1, 0.15) is 20.1 Å². The lowest BCUT2D eigenvalue weighted by molar-refractivity contribution is 0.0272. The lowest BCUT2D eigenvalue weighted by Crippen LogP contribution is -2.09. The van der Waals surface area contributed by atoms with Crippen molar-refractivity contribution < 1.29 is 14.6 Å².